The maximum absolute atomic E-state index is 12.5. The molecule has 3 atom stereocenters. The highest BCUT2D eigenvalue weighted by atomic mass is 31.2. The van der Waals surface area contributed by atoms with Crippen LogP contribution in [0.4, 0.5) is 0 Å². The standard InChI is InChI=1S/C19H36NO7P/c1-3-8-17(22)9-6-4-5-7-10-19(24)20-14-18(23)13-16(20)15-27-28(2,25)26-12-11-21/h16,18,21,23,25H,2-15H2,1H3/t16-,18+,28?/m0/s1. The molecule has 1 saturated heterocycles. The van der Waals surface area contributed by atoms with Crippen molar-refractivity contribution in [3.8, 4) is 0 Å². The average molecular weight is 421 g/mol. The van der Waals surface area contributed by atoms with Crippen LogP contribution in [-0.4, -0.2) is 76.5 Å². The number of hydrogen-bond acceptors (Lipinski definition) is 7. The van der Waals surface area contributed by atoms with E-state index in [4.69, 9.17) is 14.2 Å². The van der Waals surface area contributed by atoms with Gasteiger partial charge in [0.1, 0.15) is 5.78 Å². The molecule has 1 rings (SSSR count). The van der Waals surface area contributed by atoms with Gasteiger partial charge in [0.2, 0.25) is 13.5 Å². The Morgan fingerprint density at radius 1 is 1.14 bits per heavy atom. The number of unbranched alkanes of at least 4 members (excludes halogenated alkanes) is 3. The molecule has 0 spiro atoms. The fourth-order valence-electron chi connectivity index (χ4n) is 3.28. The van der Waals surface area contributed by atoms with E-state index in [1.54, 1.807) is 4.90 Å². The molecule has 8 nitrogen and oxygen atoms in total. The van der Waals surface area contributed by atoms with E-state index in [0.29, 0.717) is 31.5 Å². The zero-order chi connectivity index (χ0) is 21.0. The van der Waals surface area contributed by atoms with Gasteiger partial charge >= 0.3 is 0 Å². The summed E-state index contributed by atoms with van der Waals surface area (Å²) in [5.74, 6) is 0.262. The number of amides is 1. The molecule has 0 bridgehead atoms. The lowest BCUT2D eigenvalue weighted by atomic mass is 10.1. The van der Waals surface area contributed by atoms with Gasteiger partial charge in [-0.2, -0.15) is 0 Å². The number of Topliss-reactive ketones (excluding diaryl/α,β-unsaturated/α-hetero) is 1. The first kappa shape index (κ1) is 25.3. The van der Waals surface area contributed by atoms with Crippen LogP contribution in [0, 0.1) is 0 Å². The van der Waals surface area contributed by atoms with E-state index >= 15 is 0 Å². The van der Waals surface area contributed by atoms with Gasteiger partial charge in [-0.25, -0.2) is 0 Å². The third-order valence-corrected chi connectivity index (χ3v) is 5.83. The minimum atomic E-state index is -3.29. The van der Waals surface area contributed by atoms with Crippen molar-refractivity contribution in [1.29, 1.82) is 0 Å². The number of carbonyl (C=O) groups excluding carboxylic acids is 2. The Labute approximate surface area is 168 Å². The number of β-amino-alcohol motifs (C(OH)–C–C–N with tert-alkyl or cyclic N) is 1. The predicted molar refractivity (Wildman–Crippen MR) is 109 cm³/mol. The van der Waals surface area contributed by atoms with Crippen LogP contribution in [-0.2, 0) is 18.6 Å². The molecule has 1 amide bonds. The van der Waals surface area contributed by atoms with E-state index < -0.39 is 13.7 Å². The molecule has 0 radical (unpaired) electrons. The number of carbonyl (C=O) groups is 2. The Morgan fingerprint density at radius 3 is 2.46 bits per heavy atom. The Kier molecular flexibility index (Phi) is 12.2. The highest BCUT2D eigenvalue weighted by molar-refractivity contribution is 7.58. The van der Waals surface area contributed by atoms with E-state index in [1.807, 2.05) is 6.92 Å². The minimum absolute atomic E-state index is 0.0293. The van der Waals surface area contributed by atoms with E-state index in [9.17, 15) is 19.6 Å². The van der Waals surface area contributed by atoms with Gasteiger partial charge in [0, 0.05) is 25.8 Å². The average Bonchev–Trinajstić information content (AvgIpc) is 3.02. The Balaban J connectivity index is 2.31. The summed E-state index contributed by atoms with van der Waals surface area (Å²) in [6.45, 7) is 1.96. The summed E-state index contributed by atoms with van der Waals surface area (Å²) in [5, 5.41) is 18.7. The molecule has 164 valence electrons. The molecule has 0 aromatic rings. The zero-order valence-corrected chi connectivity index (χ0v) is 17.8. The van der Waals surface area contributed by atoms with Crippen molar-refractivity contribution in [3.63, 3.8) is 0 Å². The number of nitrogens with zero attached hydrogens (tertiary/aromatic N) is 1. The van der Waals surface area contributed by atoms with Gasteiger partial charge in [0.15, 0.2) is 0 Å². The topological polar surface area (TPSA) is 117 Å². The smallest absolute Gasteiger partial charge is 0.248 e. The minimum Gasteiger partial charge on any atom is -0.394 e. The molecule has 1 heterocycles. The van der Waals surface area contributed by atoms with E-state index in [-0.39, 0.29) is 38.3 Å². The third kappa shape index (κ3) is 10.1. The summed E-state index contributed by atoms with van der Waals surface area (Å²) >= 11 is 0. The summed E-state index contributed by atoms with van der Waals surface area (Å²) in [7, 11) is -3.29. The van der Waals surface area contributed by atoms with Crippen molar-refractivity contribution in [1.82, 2.24) is 4.90 Å². The first-order valence-electron chi connectivity index (χ1n) is 10.1. The van der Waals surface area contributed by atoms with Gasteiger partial charge in [-0.1, -0.05) is 19.8 Å². The molecule has 1 aliphatic rings. The fourth-order valence-corrected chi connectivity index (χ4v) is 4.12. The van der Waals surface area contributed by atoms with E-state index in [0.717, 1.165) is 32.1 Å². The van der Waals surface area contributed by atoms with Gasteiger partial charge in [0.25, 0.3) is 0 Å². The van der Waals surface area contributed by atoms with Gasteiger partial charge in [-0.3, -0.25) is 9.59 Å². The van der Waals surface area contributed by atoms with Gasteiger partial charge in [0.05, 0.1) is 32.0 Å². The molecule has 0 aromatic carbocycles. The van der Waals surface area contributed by atoms with Crippen LogP contribution in [0.2, 0.25) is 0 Å². The second kappa shape index (κ2) is 13.5. The first-order valence-corrected chi connectivity index (χ1v) is 11.9. The molecular weight excluding hydrogens is 385 g/mol. The van der Waals surface area contributed by atoms with Crippen molar-refractivity contribution in [2.45, 2.75) is 76.9 Å². The lowest BCUT2D eigenvalue weighted by Gasteiger charge is -2.26. The van der Waals surface area contributed by atoms with Crippen LogP contribution < -0.4 is 0 Å². The first-order chi connectivity index (χ1) is 13.3. The molecular formula is C19H36NO7P. The number of rotatable bonds is 15. The quantitative estimate of drug-likeness (QED) is 0.273. The van der Waals surface area contributed by atoms with E-state index in [2.05, 4.69) is 6.30 Å². The molecule has 9 heteroatoms. The van der Waals surface area contributed by atoms with E-state index in [1.165, 1.54) is 0 Å². The predicted octanol–water partition coefficient (Wildman–Crippen LogP) is 1.87. The van der Waals surface area contributed by atoms with Crippen molar-refractivity contribution >= 4 is 25.6 Å². The lowest BCUT2D eigenvalue weighted by molar-refractivity contribution is -0.133. The number of ketones is 1. The van der Waals surface area contributed by atoms with Crippen molar-refractivity contribution in [2.24, 2.45) is 0 Å². The third-order valence-electron chi connectivity index (χ3n) is 4.69. The zero-order valence-electron chi connectivity index (χ0n) is 16.9. The molecule has 0 aromatic heterocycles. The van der Waals surface area contributed by atoms with Crippen LogP contribution in [0.15, 0.2) is 0 Å². The summed E-state index contributed by atoms with van der Waals surface area (Å²) in [4.78, 5) is 35.5. The largest absolute Gasteiger partial charge is 0.394 e. The Morgan fingerprint density at radius 2 is 1.82 bits per heavy atom. The molecule has 28 heavy (non-hydrogen) atoms. The summed E-state index contributed by atoms with van der Waals surface area (Å²) in [5.41, 5.74) is 0. The van der Waals surface area contributed by atoms with Crippen LogP contribution in [0.3, 0.4) is 0 Å². The number of likely N-dealkylation sites (tertiary alicyclic amines) is 1. The maximum Gasteiger partial charge on any atom is 0.248 e. The normalized spacial score (nSPS) is 21.6. The lowest BCUT2D eigenvalue weighted by Crippen LogP contribution is -2.38. The van der Waals surface area contributed by atoms with Crippen molar-refractivity contribution in [3.05, 3.63) is 0 Å². The number of aliphatic hydroxyl groups excluding tert-OH is 2. The summed E-state index contributed by atoms with van der Waals surface area (Å²) in [6.07, 6.45) is 9.22. The fraction of sp³-hybridized carbons (Fsp3) is 0.842. The highest BCUT2D eigenvalue weighted by Crippen LogP contribution is 2.43. The monoisotopic (exact) mass is 421 g/mol. The van der Waals surface area contributed by atoms with Gasteiger partial charge < -0.3 is 29.1 Å². The summed E-state index contributed by atoms with van der Waals surface area (Å²) in [6, 6.07) is -0.333. The molecule has 3 N–H and O–H groups in total. The molecule has 1 aliphatic heterocycles. The van der Waals surface area contributed by atoms with Crippen molar-refractivity contribution in [2.75, 3.05) is 26.4 Å². The Hall–Kier alpha value is -0.760. The van der Waals surface area contributed by atoms with Gasteiger partial charge in [-0.05, 0) is 32.0 Å². The maximum atomic E-state index is 12.5. The second-order valence-corrected chi connectivity index (χ2v) is 9.07. The van der Waals surface area contributed by atoms with Crippen LogP contribution in [0.1, 0.15) is 64.7 Å². The highest BCUT2D eigenvalue weighted by Gasteiger charge is 2.34. The number of aliphatic hydroxyl groups is 2. The number of hydrogen-bond donors (Lipinski definition) is 3. The summed E-state index contributed by atoms with van der Waals surface area (Å²) < 4.78 is 10.3. The van der Waals surface area contributed by atoms with Crippen LogP contribution in [0.25, 0.3) is 0 Å². The molecule has 0 saturated carbocycles. The van der Waals surface area contributed by atoms with Crippen molar-refractivity contribution < 1.29 is 33.7 Å². The van der Waals surface area contributed by atoms with Gasteiger partial charge in [-0.15, -0.1) is 0 Å². The van der Waals surface area contributed by atoms with Crippen LogP contribution >= 0.6 is 7.57 Å². The second-order valence-electron chi connectivity index (χ2n) is 7.28. The molecule has 0 aliphatic carbocycles. The molecule has 1 fully saturated rings. The Bertz CT molecular complexity index is 528. The molecule has 1 unspecified atom stereocenters. The van der Waals surface area contributed by atoms with Crippen LogP contribution in [0.5, 0.6) is 0 Å². The SMILES string of the molecule is C=P(O)(OCCO)OC[C@@H]1C[C@@H](O)CN1C(=O)CCCCCCC(=O)CCC.